The lowest BCUT2D eigenvalue weighted by Gasteiger charge is -2.38. The Balaban J connectivity index is 1.44. The molecule has 11 heteroatoms. The number of hydrogen-bond acceptors (Lipinski definition) is 8. The molecule has 2 fully saturated rings. The zero-order valence-electron chi connectivity index (χ0n) is 20.4. The van der Waals surface area contributed by atoms with Gasteiger partial charge in [-0.15, -0.1) is 0 Å². The number of nitrogen functional groups attached to an aromatic ring is 1. The van der Waals surface area contributed by atoms with Crippen molar-refractivity contribution >= 4 is 35.1 Å². The molecule has 10 nitrogen and oxygen atoms in total. The Hall–Kier alpha value is -2.56. The Morgan fingerprint density at radius 3 is 2.66 bits per heavy atom. The summed E-state index contributed by atoms with van der Waals surface area (Å²) >= 11 is 6.11. The van der Waals surface area contributed by atoms with E-state index in [4.69, 9.17) is 31.5 Å². The maximum atomic E-state index is 12.8. The molecule has 2 aliphatic rings. The Morgan fingerprint density at radius 1 is 1.23 bits per heavy atom. The first-order chi connectivity index (χ1) is 16.8. The van der Waals surface area contributed by atoms with E-state index in [9.17, 15) is 14.4 Å². The number of carbonyl (C=O) groups is 3. The van der Waals surface area contributed by atoms with Crippen molar-refractivity contribution in [2.75, 3.05) is 64.8 Å². The Morgan fingerprint density at radius 2 is 1.97 bits per heavy atom. The van der Waals surface area contributed by atoms with Crippen LogP contribution in [0.5, 0.6) is 5.75 Å². The van der Waals surface area contributed by atoms with E-state index in [2.05, 4.69) is 10.2 Å². The molecule has 35 heavy (non-hydrogen) atoms. The molecule has 1 unspecified atom stereocenters. The van der Waals surface area contributed by atoms with Crippen molar-refractivity contribution in [1.82, 2.24) is 15.1 Å². The molecular formula is C24H35ClN4O6. The fraction of sp³-hybridized carbons (Fsp3) is 0.625. The summed E-state index contributed by atoms with van der Waals surface area (Å²) in [6.45, 7) is 8.11. The molecule has 1 aromatic rings. The largest absolute Gasteiger partial charge is 0.493 e. The first-order valence-electron chi connectivity index (χ1n) is 12.0. The van der Waals surface area contributed by atoms with E-state index in [-0.39, 0.29) is 24.5 Å². The summed E-state index contributed by atoms with van der Waals surface area (Å²) in [6, 6.07) is 3.09. The molecule has 0 aliphatic carbocycles. The fourth-order valence-corrected chi connectivity index (χ4v) is 4.54. The molecule has 3 N–H and O–H groups in total. The highest BCUT2D eigenvalue weighted by molar-refractivity contribution is 6.33. The van der Waals surface area contributed by atoms with Crippen LogP contribution in [0.3, 0.4) is 0 Å². The normalized spacial score (nSPS) is 19.3. The molecule has 0 saturated carbocycles. The van der Waals surface area contributed by atoms with Gasteiger partial charge >= 0.3 is 5.97 Å². The number of nitrogens with one attached hydrogen (secondary N) is 1. The minimum absolute atomic E-state index is 0.127. The Bertz CT molecular complexity index is 906. The molecule has 194 valence electrons. The number of rotatable bonds is 9. The number of hydrogen-bond donors (Lipinski definition) is 2. The molecule has 0 radical (unpaired) electrons. The molecule has 2 amide bonds. The Kier molecular flexibility index (Phi) is 10.00. The number of nitrogens with two attached hydrogens (primary N) is 1. The van der Waals surface area contributed by atoms with Gasteiger partial charge in [0.25, 0.3) is 11.8 Å². The smallest absolute Gasteiger partial charge is 0.303 e. The van der Waals surface area contributed by atoms with E-state index in [1.807, 2.05) is 6.92 Å². The number of carbonyl (C=O) groups excluding carboxylic acids is 3. The van der Waals surface area contributed by atoms with Gasteiger partial charge in [0.1, 0.15) is 5.75 Å². The van der Waals surface area contributed by atoms with Crippen LogP contribution in [-0.4, -0.2) is 92.8 Å². The number of likely N-dealkylation sites (tertiary alicyclic amines) is 1. The monoisotopic (exact) mass is 510 g/mol. The number of ether oxygens (including phenoxy) is 3. The summed E-state index contributed by atoms with van der Waals surface area (Å²) in [5.41, 5.74) is 6.54. The third-order valence-electron chi connectivity index (χ3n) is 6.24. The fourth-order valence-electron chi connectivity index (χ4n) is 4.38. The predicted molar refractivity (Wildman–Crippen MR) is 131 cm³/mol. The zero-order chi connectivity index (χ0) is 25.4. The molecule has 1 aromatic carbocycles. The highest BCUT2D eigenvalue weighted by atomic mass is 35.5. The minimum Gasteiger partial charge on any atom is -0.493 e. The van der Waals surface area contributed by atoms with Crippen LogP contribution in [0.4, 0.5) is 5.69 Å². The van der Waals surface area contributed by atoms with Gasteiger partial charge in [-0.05, 0) is 31.7 Å². The van der Waals surface area contributed by atoms with Gasteiger partial charge in [0.15, 0.2) is 6.61 Å². The van der Waals surface area contributed by atoms with Crippen LogP contribution in [0.1, 0.15) is 37.0 Å². The van der Waals surface area contributed by atoms with Gasteiger partial charge in [-0.2, -0.15) is 0 Å². The summed E-state index contributed by atoms with van der Waals surface area (Å²) in [7, 11) is 0. The standard InChI is InChI=1S/C24H35ClN4O6/c1-3-33-22-11-21(26)20(25)10-19(22)24(32)27-12-18-14-28(8-9-34-18)13-17-4-6-29(7-5-17)23(31)15-35-16(2)30/h10-11,17-18H,3-9,12-15,26H2,1-2H3,(H,27,32). The van der Waals surface area contributed by atoms with Crippen molar-refractivity contribution in [2.45, 2.75) is 32.8 Å². The summed E-state index contributed by atoms with van der Waals surface area (Å²) in [5.74, 6) is -0.00146. The van der Waals surface area contributed by atoms with E-state index in [1.165, 1.54) is 13.0 Å². The number of anilines is 1. The molecule has 2 heterocycles. The highest BCUT2D eigenvalue weighted by Gasteiger charge is 2.28. The van der Waals surface area contributed by atoms with Gasteiger partial charge < -0.3 is 30.2 Å². The molecule has 0 spiro atoms. The zero-order valence-corrected chi connectivity index (χ0v) is 21.1. The molecule has 3 rings (SSSR count). The van der Waals surface area contributed by atoms with E-state index in [0.29, 0.717) is 67.3 Å². The molecule has 1 atom stereocenters. The van der Waals surface area contributed by atoms with E-state index >= 15 is 0 Å². The van der Waals surface area contributed by atoms with Gasteiger partial charge in [0, 0.05) is 52.3 Å². The van der Waals surface area contributed by atoms with Crippen molar-refractivity contribution in [3.8, 4) is 5.75 Å². The molecule has 2 saturated heterocycles. The van der Waals surface area contributed by atoms with Crippen LogP contribution in [0.15, 0.2) is 12.1 Å². The van der Waals surface area contributed by atoms with Crippen LogP contribution < -0.4 is 15.8 Å². The van der Waals surface area contributed by atoms with Gasteiger partial charge in [-0.3, -0.25) is 19.3 Å². The topological polar surface area (TPSA) is 123 Å². The predicted octanol–water partition coefficient (Wildman–Crippen LogP) is 1.55. The number of amides is 2. The quantitative estimate of drug-likeness (QED) is 0.379. The third-order valence-corrected chi connectivity index (χ3v) is 6.57. The molecule has 0 aromatic heterocycles. The second-order valence-electron chi connectivity index (χ2n) is 8.87. The van der Waals surface area contributed by atoms with Gasteiger partial charge in [-0.25, -0.2) is 0 Å². The lowest BCUT2D eigenvalue weighted by atomic mass is 9.95. The van der Waals surface area contributed by atoms with Crippen LogP contribution in [0, 0.1) is 5.92 Å². The van der Waals surface area contributed by atoms with Crippen molar-refractivity contribution in [3.05, 3.63) is 22.7 Å². The number of esters is 1. The third kappa shape index (κ3) is 7.98. The van der Waals surface area contributed by atoms with E-state index < -0.39 is 5.97 Å². The van der Waals surface area contributed by atoms with Gasteiger partial charge in [0.2, 0.25) is 0 Å². The van der Waals surface area contributed by atoms with Crippen LogP contribution in [0.25, 0.3) is 0 Å². The van der Waals surface area contributed by atoms with Crippen LogP contribution >= 0.6 is 11.6 Å². The lowest BCUT2D eigenvalue weighted by molar-refractivity contribution is -0.150. The number of benzene rings is 1. The van der Waals surface area contributed by atoms with E-state index in [1.54, 1.807) is 11.0 Å². The second-order valence-corrected chi connectivity index (χ2v) is 9.28. The average molecular weight is 511 g/mol. The van der Waals surface area contributed by atoms with Crippen LogP contribution in [-0.2, 0) is 19.1 Å². The summed E-state index contributed by atoms with van der Waals surface area (Å²) in [6.07, 6.45) is 1.68. The highest BCUT2D eigenvalue weighted by Crippen LogP contribution is 2.29. The maximum Gasteiger partial charge on any atom is 0.303 e. The number of morpholine rings is 1. The summed E-state index contributed by atoms with van der Waals surface area (Å²) < 4.78 is 16.2. The van der Waals surface area contributed by atoms with Crippen molar-refractivity contribution < 1.29 is 28.6 Å². The molecule has 0 bridgehead atoms. The van der Waals surface area contributed by atoms with Crippen molar-refractivity contribution in [3.63, 3.8) is 0 Å². The number of piperidine rings is 1. The first kappa shape index (κ1) is 27.0. The Labute approximate surface area is 211 Å². The summed E-state index contributed by atoms with van der Waals surface area (Å²) in [5, 5.41) is 3.23. The van der Waals surface area contributed by atoms with Crippen LogP contribution in [0.2, 0.25) is 5.02 Å². The first-order valence-corrected chi connectivity index (χ1v) is 12.4. The molecule has 2 aliphatic heterocycles. The van der Waals surface area contributed by atoms with Gasteiger partial charge in [0.05, 0.1) is 35.6 Å². The van der Waals surface area contributed by atoms with E-state index in [0.717, 1.165) is 25.9 Å². The summed E-state index contributed by atoms with van der Waals surface area (Å²) in [4.78, 5) is 39.9. The molecular weight excluding hydrogens is 476 g/mol. The second kappa shape index (κ2) is 12.9. The van der Waals surface area contributed by atoms with Crippen molar-refractivity contribution in [1.29, 1.82) is 0 Å². The number of nitrogens with zero attached hydrogens (tertiary/aromatic N) is 2. The SMILES string of the molecule is CCOc1cc(N)c(Cl)cc1C(=O)NCC1CN(CC2CCN(C(=O)COC(C)=O)CC2)CCO1. The minimum atomic E-state index is -0.446. The van der Waals surface area contributed by atoms with Crippen molar-refractivity contribution in [2.24, 2.45) is 5.92 Å². The average Bonchev–Trinajstić information content (AvgIpc) is 2.84. The number of halogens is 1. The van der Waals surface area contributed by atoms with Gasteiger partial charge in [-0.1, -0.05) is 11.6 Å². The maximum absolute atomic E-state index is 12.8. The lowest BCUT2D eigenvalue weighted by Crippen LogP contribution is -2.50.